The zero-order valence-corrected chi connectivity index (χ0v) is 9.64. The lowest BCUT2D eigenvalue weighted by molar-refractivity contribution is -0.125. The van der Waals surface area contributed by atoms with Gasteiger partial charge in [-0.05, 0) is 17.9 Å². The van der Waals surface area contributed by atoms with E-state index in [4.69, 9.17) is 0 Å². The number of nitrogens with one attached hydrogen (secondary N) is 2. The van der Waals surface area contributed by atoms with E-state index in [1.54, 1.807) is 11.3 Å². The van der Waals surface area contributed by atoms with Gasteiger partial charge in [0.1, 0.15) is 0 Å². The van der Waals surface area contributed by atoms with Gasteiger partial charge in [-0.3, -0.25) is 4.79 Å². The van der Waals surface area contributed by atoms with Gasteiger partial charge in [-0.25, -0.2) is 0 Å². The van der Waals surface area contributed by atoms with Crippen LogP contribution in [0.25, 0.3) is 0 Å². The lowest BCUT2D eigenvalue weighted by Crippen LogP contribution is -2.54. The number of hydrogen-bond acceptors (Lipinski definition) is 3. The number of carbonyl (C=O) groups excluding carboxylic acids is 1. The maximum atomic E-state index is 11.7. The Kier molecular flexibility index (Phi) is 3.38. The van der Waals surface area contributed by atoms with Crippen molar-refractivity contribution in [1.29, 1.82) is 0 Å². The standard InChI is InChI=1S/C11H16N2OS/c1-2-4-8-11(14)13-9(7-12-8)10-5-3-6-15-10/h3,5-6,8-9,12H,2,4,7H2,1H3,(H,13,14)/t8-,9?/m0/s1. The first-order valence-electron chi connectivity index (χ1n) is 5.38. The topological polar surface area (TPSA) is 41.1 Å². The fourth-order valence-corrected chi connectivity index (χ4v) is 2.64. The Bertz CT molecular complexity index is 323. The van der Waals surface area contributed by atoms with Crippen molar-refractivity contribution < 1.29 is 4.79 Å². The Morgan fingerprint density at radius 2 is 2.47 bits per heavy atom. The Balaban J connectivity index is 1.97. The Morgan fingerprint density at radius 3 is 3.07 bits per heavy atom. The lowest BCUT2D eigenvalue weighted by atomic mass is 10.1. The average molecular weight is 224 g/mol. The van der Waals surface area contributed by atoms with Crippen molar-refractivity contribution in [2.75, 3.05) is 6.54 Å². The zero-order chi connectivity index (χ0) is 10.7. The molecule has 1 unspecified atom stereocenters. The third kappa shape index (κ3) is 2.38. The molecule has 0 aliphatic carbocycles. The van der Waals surface area contributed by atoms with Crippen molar-refractivity contribution in [1.82, 2.24) is 10.6 Å². The number of carbonyl (C=O) groups is 1. The fraction of sp³-hybridized carbons (Fsp3) is 0.545. The van der Waals surface area contributed by atoms with E-state index in [1.165, 1.54) is 4.88 Å². The number of piperazine rings is 1. The lowest BCUT2D eigenvalue weighted by Gasteiger charge is -2.29. The molecule has 82 valence electrons. The van der Waals surface area contributed by atoms with Crippen LogP contribution < -0.4 is 10.6 Å². The van der Waals surface area contributed by atoms with Gasteiger partial charge in [-0.2, -0.15) is 0 Å². The molecule has 3 nitrogen and oxygen atoms in total. The highest BCUT2D eigenvalue weighted by molar-refractivity contribution is 7.10. The van der Waals surface area contributed by atoms with Crippen molar-refractivity contribution in [3.63, 3.8) is 0 Å². The minimum Gasteiger partial charge on any atom is -0.346 e. The molecule has 0 spiro atoms. The van der Waals surface area contributed by atoms with Crippen molar-refractivity contribution in [3.05, 3.63) is 22.4 Å². The van der Waals surface area contributed by atoms with Gasteiger partial charge in [-0.1, -0.05) is 19.4 Å². The Labute approximate surface area is 93.9 Å². The van der Waals surface area contributed by atoms with E-state index in [0.717, 1.165) is 19.4 Å². The summed E-state index contributed by atoms with van der Waals surface area (Å²) in [5.74, 6) is 0.140. The van der Waals surface area contributed by atoms with Crippen LogP contribution in [-0.4, -0.2) is 18.5 Å². The van der Waals surface area contributed by atoms with Crippen LogP contribution >= 0.6 is 11.3 Å². The molecule has 2 rings (SSSR count). The molecule has 15 heavy (non-hydrogen) atoms. The SMILES string of the molecule is CCC[C@@H]1NCC(c2cccs2)NC1=O. The van der Waals surface area contributed by atoms with E-state index in [-0.39, 0.29) is 18.0 Å². The molecular formula is C11H16N2OS. The molecule has 0 bridgehead atoms. The third-order valence-electron chi connectivity index (χ3n) is 2.67. The number of hydrogen-bond donors (Lipinski definition) is 2. The summed E-state index contributed by atoms with van der Waals surface area (Å²) in [7, 11) is 0. The predicted octanol–water partition coefficient (Wildman–Crippen LogP) is 1.68. The fourth-order valence-electron chi connectivity index (χ4n) is 1.86. The molecule has 1 aromatic heterocycles. The second kappa shape index (κ2) is 4.77. The second-order valence-corrected chi connectivity index (χ2v) is 4.81. The maximum absolute atomic E-state index is 11.7. The summed E-state index contributed by atoms with van der Waals surface area (Å²) in [6.45, 7) is 2.94. The molecular weight excluding hydrogens is 208 g/mol. The summed E-state index contributed by atoms with van der Waals surface area (Å²) in [6, 6.07) is 4.25. The molecule has 1 amide bonds. The molecule has 0 saturated carbocycles. The van der Waals surface area contributed by atoms with Gasteiger partial charge < -0.3 is 10.6 Å². The minimum absolute atomic E-state index is 0.00575. The van der Waals surface area contributed by atoms with E-state index < -0.39 is 0 Å². The zero-order valence-electron chi connectivity index (χ0n) is 8.82. The average Bonchev–Trinajstić information content (AvgIpc) is 2.74. The van der Waals surface area contributed by atoms with Gasteiger partial charge in [0.05, 0.1) is 12.1 Å². The summed E-state index contributed by atoms with van der Waals surface area (Å²) >= 11 is 1.69. The van der Waals surface area contributed by atoms with Crippen LogP contribution in [-0.2, 0) is 4.79 Å². The van der Waals surface area contributed by atoms with Crippen LogP contribution in [0, 0.1) is 0 Å². The van der Waals surface area contributed by atoms with E-state index >= 15 is 0 Å². The van der Waals surface area contributed by atoms with Gasteiger partial charge in [-0.15, -0.1) is 11.3 Å². The van der Waals surface area contributed by atoms with Crippen LogP contribution in [0.15, 0.2) is 17.5 Å². The Morgan fingerprint density at radius 1 is 1.60 bits per heavy atom. The molecule has 0 radical (unpaired) electrons. The maximum Gasteiger partial charge on any atom is 0.237 e. The first-order valence-corrected chi connectivity index (χ1v) is 6.26. The molecule has 2 heterocycles. The smallest absolute Gasteiger partial charge is 0.237 e. The highest BCUT2D eigenvalue weighted by Gasteiger charge is 2.27. The second-order valence-electron chi connectivity index (χ2n) is 3.83. The minimum atomic E-state index is 0.00575. The van der Waals surface area contributed by atoms with Crippen LogP contribution in [0.1, 0.15) is 30.7 Å². The number of rotatable bonds is 3. The van der Waals surface area contributed by atoms with Gasteiger partial charge in [0, 0.05) is 11.4 Å². The van der Waals surface area contributed by atoms with Crippen molar-refractivity contribution in [2.24, 2.45) is 0 Å². The first-order chi connectivity index (χ1) is 7.31. The monoisotopic (exact) mass is 224 g/mol. The van der Waals surface area contributed by atoms with Gasteiger partial charge >= 0.3 is 0 Å². The molecule has 1 aromatic rings. The van der Waals surface area contributed by atoms with Crippen LogP contribution in [0.5, 0.6) is 0 Å². The summed E-state index contributed by atoms with van der Waals surface area (Å²) in [5.41, 5.74) is 0. The molecule has 1 fully saturated rings. The summed E-state index contributed by atoms with van der Waals surface area (Å²) in [4.78, 5) is 12.9. The largest absolute Gasteiger partial charge is 0.346 e. The van der Waals surface area contributed by atoms with E-state index in [0.29, 0.717) is 0 Å². The normalized spacial score (nSPS) is 26.3. The molecule has 1 saturated heterocycles. The molecule has 0 aromatic carbocycles. The van der Waals surface area contributed by atoms with Crippen LogP contribution in [0.3, 0.4) is 0 Å². The first kappa shape index (κ1) is 10.6. The van der Waals surface area contributed by atoms with Gasteiger partial charge in [0.2, 0.25) is 5.91 Å². The van der Waals surface area contributed by atoms with E-state index in [9.17, 15) is 4.79 Å². The quantitative estimate of drug-likeness (QED) is 0.820. The number of amides is 1. The van der Waals surface area contributed by atoms with Gasteiger partial charge in [0.15, 0.2) is 0 Å². The molecule has 2 atom stereocenters. The van der Waals surface area contributed by atoms with Crippen molar-refractivity contribution >= 4 is 17.2 Å². The summed E-state index contributed by atoms with van der Waals surface area (Å²) < 4.78 is 0. The van der Waals surface area contributed by atoms with Crippen LogP contribution in [0.2, 0.25) is 0 Å². The highest BCUT2D eigenvalue weighted by Crippen LogP contribution is 2.20. The Hall–Kier alpha value is -0.870. The molecule has 4 heteroatoms. The summed E-state index contributed by atoms with van der Waals surface area (Å²) in [6.07, 6.45) is 1.96. The van der Waals surface area contributed by atoms with Crippen LogP contribution in [0.4, 0.5) is 0 Å². The van der Waals surface area contributed by atoms with Gasteiger partial charge in [0.25, 0.3) is 0 Å². The third-order valence-corrected chi connectivity index (χ3v) is 3.65. The van der Waals surface area contributed by atoms with E-state index in [1.807, 2.05) is 11.4 Å². The number of thiophene rings is 1. The molecule has 2 N–H and O–H groups in total. The predicted molar refractivity (Wildman–Crippen MR) is 61.9 cm³/mol. The van der Waals surface area contributed by atoms with Crippen molar-refractivity contribution in [2.45, 2.75) is 31.8 Å². The van der Waals surface area contributed by atoms with Crippen molar-refractivity contribution in [3.8, 4) is 0 Å². The molecule has 1 aliphatic rings. The van der Waals surface area contributed by atoms with E-state index in [2.05, 4.69) is 23.6 Å². The summed E-state index contributed by atoms with van der Waals surface area (Å²) in [5, 5.41) is 8.41. The molecule has 1 aliphatic heterocycles. The highest BCUT2D eigenvalue weighted by atomic mass is 32.1.